The molecule has 0 aliphatic heterocycles. The van der Waals surface area contributed by atoms with Gasteiger partial charge in [-0.1, -0.05) is 0 Å². The van der Waals surface area contributed by atoms with Crippen LogP contribution < -0.4 is 0 Å². The third-order valence-electron chi connectivity index (χ3n) is 2.14. The van der Waals surface area contributed by atoms with E-state index in [2.05, 4.69) is 10.2 Å². The van der Waals surface area contributed by atoms with Crippen molar-refractivity contribution in [3.63, 3.8) is 0 Å². The Kier molecular flexibility index (Phi) is 2.67. The Hall–Kier alpha value is -1.07. The highest BCUT2D eigenvalue weighted by atomic mass is 35.5. The molecule has 0 saturated heterocycles. The lowest BCUT2D eigenvalue weighted by atomic mass is 10.1. The van der Waals surface area contributed by atoms with Gasteiger partial charge in [0.15, 0.2) is 21.6 Å². The number of nitrogens with zero attached hydrogens (tertiary/aromatic N) is 2. The molecule has 4 nitrogen and oxygen atoms in total. The van der Waals surface area contributed by atoms with Crippen molar-refractivity contribution < 1.29 is 4.42 Å². The maximum Gasteiger partial charge on any atom is 0.198 e. The van der Waals surface area contributed by atoms with Gasteiger partial charge >= 0.3 is 0 Å². The average molecular weight is 258 g/mol. The van der Waals surface area contributed by atoms with E-state index in [0.717, 1.165) is 0 Å². The first kappa shape index (κ1) is 11.4. The van der Waals surface area contributed by atoms with E-state index < -0.39 is 0 Å². The van der Waals surface area contributed by atoms with Gasteiger partial charge in [-0.3, -0.25) is 9.67 Å². The Balaban J connectivity index is 2.63. The molecule has 0 aliphatic carbocycles. The first-order valence-corrected chi connectivity index (χ1v) is 5.62. The van der Waals surface area contributed by atoms with Crippen LogP contribution in [0, 0.1) is 4.77 Å². The molecule has 0 radical (unpaired) electrons. The van der Waals surface area contributed by atoms with E-state index in [1.54, 1.807) is 12.1 Å². The summed E-state index contributed by atoms with van der Waals surface area (Å²) in [5, 5.41) is 7.26. The highest BCUT2D eigenvalue weighted by Gasteiger charge is 2.22. The number of hydrogen-bond donors (Lipinski definition) is 1. The molecule has 6 heteroatoms. The van der Waals surface area contributed by atoms with Gasteiger partial charge in [0, 0.05) is 5.54 Å². The molecule has 2 aromatic rings. The largest absolute Gasteiger partial charge is 0.441 e. The minimum atomic E-state index is -0.168. The van der Waals surface area contributed by atoms with E-state index >= 15 is 0 Å². The lowest BCUT2D eigenvalue weighted by molar-refractivity contribution is 0.391. The molecule has 2 heterocycles. The van der Waals surface area contributed by atoms with E-state index in [4.69, 9.17) is 28.2 Å². The van der Waals surface area contributed by atoms with Gasteiger partial charge in [-0.25, -0.2) is 0 Å². The second kappa shape index (κ2) is 3.75. The van der Waals surface area contributed by atoms with Crippen LogP contribution in [-0.2, 0) is 5.54 Å². The molecule has 0 unspecified atom stereocenters. The predicted molar refractivity (Wildman–Crippen MR) is 65.1 cm³/mol. The summed E-state index contributed by atoms with van der Waals surface area (Å²) in [6.45, 7) is 6.14. The third kappa shape index (κ3) is 1.92. The molecule has 16 heavy (non-hydrogen) atoms. The van der Waals surface area contributed by atoms with Crippen molar-refractivity contribution in [3.05, 3.63) is 22.1 Å². The van der Waals surface area contributed by atoms with Gasteiger partial charge in [-0.05, 0) is 56.7 Å². The Morgan fingerprint density at radius 1 is 1.44 bits per heavy atom. The lowest BCUT2D eigenvalue weighted by Gasteiger charge is -2.21. The highest BCUT2D eigenvalue weighted by molar-refractivity contribution is 7.71. The first-order chi connectivity index (χ1) is 7.39. The molecule has 0 spiro atoms. The number of furan rings is 1. The zero-order valence-corrected chi connectivity index (χ0v) is 10.8. The number of H-pyrrole nitrogens is 1. The molecule has 1 N–H and O–H groups in total. The van der Waals surface area contributed by atoms with Crippen LogP contribution >= 0.6 is 23.8 Å². The molecule has 0 atom stereocenters. The number of aromatic amines is 1. The van der Waals surface area contributed by atoms with Gasteiger partial charge in [-0.15, -0.1) is 0 Å². The molecule has 2 rings (SSSR count). The Morgan fingerprint density at radius 3 is 2.62 bits per heavy atom. The summed E-state index contributed by atoms with van der Waals surface area (Å²) in [6.07, 6.45) is 0. The minimum Gasteiger partial charge on any atom is -0.441 e. The Morgan fingerprint density at radius 2 is 2.12 bits per heavy atom. The number of halogens is 1. The lowest BCUT2D eigenvalue weighted by Crippen LogP contribution is -2.22. The van der Waals surface area contributed by atoms with Crippen LogP contribution in [0.2, 0.25) is 5.22 Å². The van der Waals surface area contributed by atoms with E-state index in [0.29, 0.717) is 21.6 Å². The quantitative estimate of drug-likeness (QED) is 0.794. The van der Waals surface area contributed by atoms with Crippen LogP contribution in [0.3, 0.4) is 0 Å². The summed E-state index contributed by atoms with van der Waals surface area (Å²) in [4.78, 5) is 0. The maximum atomic E-state index is 5.74. The summed E-state index contributed by atoms with van der Waals surface area (Å²) in [7, 11) is 0. The zero-order chi connectivity index (χ0) is 11.9. The van der Waals surface area contributed by atoms with E-state index in [9.17, 15) is 0 Å². The van der Waals surface area contributed by atoms with Crippen LogP contribution in [0.15, 0.2) is 16.5 Å². The molecule has 0 aromatic carbocycles. The Bertz CT molecular complexity index is 561. The molecule has 0 amide bonds. The molecule has 0 bridgehead atoms. The summed E-state index contributed by atoms with van der Waals surface area (Å²) in [6, 6.07) is 3.46. The van der Waals surface area contributed by atoms with E-state index in [1.807, 2.05) is 25.3 Å². The molecular formula is C10H12ClN3OS. The highest BCUT2D eigenvalue weighted by Crippen LogP contribution is 2.27. The smallest absolute Gasteiger partial charge is 0.198 e. The van der Waals surface area contributed by atoms with Crippen molar-refractivity contribution >= 4 is 23.8 Å². The van der Waals surface area contributed by atoms with Crippen molar-refractivity contribution in [1.29, 1.82) is 0 Å². The maximum absolute atomic E-state index is 5.74. The van der Waals surface area contributed by atoms with Gasteiger partial charge in [0.1, 0.15) is 0 Å². The van der Waals surface area contributed by atoms with Gasteiger partial charge in [0.05, 0.1) is 0 Å². The number of nitrogens with one attached hydrogen (secondary N) is 1. The van der Waals surface area contributed by atoms with Crippen molar-refractivity contribution in [2.75, 3.05) is 0 Å². The third-order valence-corrected chi connectivity index (χ3v) is 2.61. The van der Waals surface area contributed by atoms with Crippen LogP contribution in [0.5, 0.6) is 0 Å². The average Bonchev–Trinajstić information content (AvgIpc) is 2.70. The summed E-state index contributed by atoms with van der Waals surface area (Å²) >= 11 is 10.9. The molecule has 0 aliphatic rings. The zero-order valence-electron chi connectivity index (χ0n) is 9.24. The monoisotopic (exact) mass is 257 g/mol. The second-order valence-corrected chi connectivity index (χ2v) is 5.22. The number of hydrogen-bond acceptors (Lipinski definition) is 3. The molecule has 2 aromatic heterocycles. The van der Waals surface area contributed by atoms with Crippen molar-refractivity contribution in [1.82, 2.24) is 14.8 Å². The summed E-state index contributed by atoms with van der Waals surface area (Å²) in [5.74, 6) is 1.26. The SMILES string of the molecule is CC(C)(C)n1c(-c2ccc(Cl)o2)n[nH]c1=S. The van der Waals surface area contributed by atoms with E-state index in [-0.39, 0.29) is 5.54 Å². The van der Waals surface area contributed by atoms with Crippen LogP contribution in [0.4, 0.5) is 0 Å². The van der Waals surface area contributed by atoms with Gasteiger partial charge in [0.25, 0.3) is 0 Å². The number of aromatic nitrogens is 3. The fourth-order valence-electron chi connectivity index (χ4n) is 1.52. The normalized spacial score (nSPS) is 12.0. The standard InChI is InChI=1S/C10H12ClN3OS/c1-10(2,3)14-8(12-13-9(14)16)6-4-5-7(11)15-6/h4-5H,1-3H3,(H,13,16). The topological polar surface area (TPSA) is 46.8 Å². The molecule has 86 valence electrons. The van der Waals surface area contributed by atoms with Crippen LogP contribution in [-0.4, -0.2) is 14.8 Å². The molecular weight excluding hydrogens is 246 g/mol. The van der Waals surface area contributed by atoms with Crippen molar-refractivity contribution in [3.8, 4) is 11.6 Å². The molecule has 0 saturated carbocycles. The van der Waals surface area contributed by atoms with Crippen LogP contribution in [0.25, 0.3) is 11.6 Å². The summed E-state index contributed by atoms with van der Waals surface area (Å²) in [5.41, 5.74) is -0.168. The molecule has 0 fully saturated rings. The van der Waals surface area contributed by atoms with Gasteiger partial charge < -0.3 is 4.42 Å². The van der Waals surface area contributed by atoms with Crippen LogP contribution in [0.1, 0.15) is 20.8 Å². The van der Waals surface area contributed by atoms with Crippen molar-refractivity contribution in [2.24, 2.45) is 0 Å². The number of rotatable bonds is 1. The fourth-order valence-corrected chi connectivity index (χ4v) is 2.07. The minimum absolute atomic E-state index is 0.168. The second-order valence-electron chi connectivity index (χ2n) is 4.46. The predicted octanol–water partition coefficient (Wildman–Crippen LogP) is 3.61. The first-order valence-electron chi connectivity index (χ1n) is 4.83. The van der Waals surface area contributed by atoms with Crippen molar-refractivity contribution in [2.45, 2.75) is 26.3 Å². The van der Waals surface area contributed by atoms with Gasteiger partial charge in [0.2, 0.25) is 0 Å². The van der Waals surface area contributed by atoms with E-state index in [1.165, 1.54) is 0 Å². The fraction of sp³-hybridized carbons (Fsp3) is 0.400. The Labute approximate surface area is 103 Å². The van der Waals surface area contributed by atoms with Gasteiger partial charge in [-0.2, -0.15) is 5.10 Å². The summed E-state index contributed by atoms with van der Waals surface area (Å²) < 4.78 is 7.80.